The molecular formula is C11H19NO3. The van der Waals surface area contributed by atoms with E-state index in [4.69, 9.17) is 4.84 Å². The molecule has 0 aromatic heterocycles. The lowest BCUT2D eigenvalue weighted by molar-refractivity contribution is -0.206. The molecule has 0 bridgehead atoms. The maximum absolute atomic E-state index is 11.3. The molecule has 2 unspecified atom stereocenters. The molecule has 0 radical (unpaired) electrons. The number of amides is 2. The SMILES string of the molecule is CCCC(C)C(C)ON1C(=O)CCC1=O. The first-order chi connectivity index (χ1) is 7.06. The average Bonchev–Trinajstić information content (AvgIpc) is 2.49. The topological polar surface area (TPSA) is 46.6 Å². The van der Waals surface area contributed by atoms with Crippen molar-refractivity contribution in [1.82, 2.24) is 5.06 Å². The van der Waals surface area contributed by atoms with Gasteiger partial charge in [-0.2, -0.15) is 5.06 Å². The molecule has 4 heteroatoms. The molecule has 1 rings (SSSR count). The predicted octanol–water partition coefficient (Wildman–Crippen LogP) is 1.89. The van der Waals surface area contributed by atoms with E-state index in [1.807, 2.05) is 6.92 Å². The Hall–Kier alpha value is -0.900. The maximum Gasteiger partial charge on any atom is 0.254 e. The summed E-state index contributed by atoms with van der Waals surface area (Å²) in [6.07, 6.45) is 2.60. The number of hydrogen-bond donors (Lipinski definition) is 0. The van der Waals surface area contributed by atoms with E-state index in [0.29, 0.717) is 5.92 Å². The number of hydrogen-bond acceptors (Lipinski definition) is 3. The quantitative estimate of drug-likeness (QED) is 0.655. The summed E-state index contributed by atoms with van der Waals surface area (Å²) in [5.41, 5.74) is 0. The van der Waals surface area contributed by atoms with Crippen molar-refractivity contribution in [3.05, 3.63) is 0 Å². The van der Waals surface area contributed by atoms with Gasteiger partial charge in [-0.15, -0.1) is 0 Å². The fraction of sp³-hybridized carbons (Fsp3) is 0.818. The number of imide groups is 1. The molecule has 86 valence electrons. The van der Waals surface area contributed by atoms with E-state index >= 15 is 0 Å². The summed E-state index contributed by atoms with van der Waals surface area (Å²) in [6.45, 7) is 6.08. The molecule has 0 aromatic carbocycles. The minimum absolute atomic E-state index is 0.0871. The van der Waals surface area contributed by atoms with Crippen molar-refractivity contribution in [2.24, 2.45) is 5.92 Å². The van der Waals surface area contributed by atoms with Crippen LogP contribution in [0.3, 0.4) is 0 Å². The Bertz CT molecular complexity index is 236. The Kier molecular flexibility index (Phi) is 4.27. The molecule has 1 saturated heterocycles. The van der Waals surface area contributed by atoms with Crippen molar-refractivity contribution in [2.45, 2.75) is 52.6 Å². The Labute approximate surface area is 90.5 Å². The Morgan fingerprint density at radius 3 is 2.27 bits per heavy atom. The first-order valence-corrected chi connectivity index (χ1v) is 5.58. The van der Waals surface area contributed by atoms with Crippen LogP contribution < -0.4 is 0 Å². The van der Waals surface area contributed by atoms with Crippen molar-refractivity contribution >= 4 is 11.8 Å². The molecule has 0 aliphatic carbocycles. The molecule has 1 fully saturated rings. The van der Waals surface area contributed by atoms with Crippen LogP contribution in [0.25, 0.3) is 0 Å². The molecule has 2 amide bonds. The van der Waals surface area contributed by atoms with Crippen molar-refractivity contribution < 1.29 is 14.4 Å². The van der Waals surface area contributed by atoms with Gasteiger partial charge in [0, 0.05) is 12.8 Å². The largest absolute Gasteiger partial charge is 0.272 e. The molecule has 0 N–H and O–H groups in total. The fourth-order valence-corrected chi connectivity index (χ4v) is 1.63. The summed E-state index contributed by atoms with van der Waals surface area (Å²) in [5, 5.41) is 0.941. The zero-order chi connectivity index (χ0) is 11.4. The lowest BCUT2D eigenvalue weighted by atomic mass is 10.0. The van der Waals surface area contributed by atoms with Crippen LogP contribution in [0.1, 0.15) is 46.5 Å². The van der Waals surface area contributed by atoms with Gasteiger partial charge in [-0.05, 0) is 19.3 Å². The second-order valence-corrected chi connectivity index (χ2v) is 4.16. The van der Waals surface area contributed by atoms with Gasteiger partial charge in [0.25, 0.3) is 11.8 Å². The van der Waals surface area contributed by atoms with E-state index in [1.165, 1.54) is 0 Å². The van der Waals surface area contributed by atoms with Gasteiger partial charge in [-0.1, -0.05) is 20.3 Å². The number of rotatable bonds is 5. The molecule has 1 heterocycles. The number of nitrogens with zero attached hydrogens (tertiary/aromatic N) is 1. The normalized spacial score (nSPS) is 20.9. The average molecular weight is 213 g/mol. The zero-order valence-electron chi connectivity index (χ0n) is 9.66. The predicted molar refractivity (Wildman–Crippen MR) is 55.7 cm³/mol. The Morgan fingerprint density at radius 2 is 1.80 bits per heavy atom. The van der Waals surface area contributed by atoms with E-state index in [2.05, 4.69) is 13.8 Å². The number of carbonyl (C=O) groups excluding carboxylic acids is 2. The summed E-state index contributed by atoms with van der Waals surface area (Å²) >= 11 is 0. The van der Waals surface area contributed by atoms with E-state index < -0.39 is 0 Å². The van der Waals surface area contributed by atoms with Crippen LogP contribution in [0.2, 0.25) is 0 Å². The Morgan fingerprint density at radius 1 is 1.27 bits per heavy atom. The third-order valence-electron chi connectivity index (χ3n) is 2.82. The van der Waals surface area contributed by atoms with Gasteiger partial charge >= 0.3 is 0 Å². The summed E-state index contributed by atoms with van der Waals surface area (Å²) < 4.78 is 0. The van der Waals surface area contributed by atoms with Crippen LogP contribution in [0.5, 0.6) is 0 Å². The van der Waals surface area contributed by atoms with Gasteiger partial charge in [0.2, 0.25) is 0 Å². The number of carbonyl (C=O) groups is 2. The van der Waals surface area contributed by atoms with Crippen molar-refractivity contribution in [3.63, 3.8) is 0 Å². The summed E-state index contributed by atoms with van der Waals surface area (Å²) in [5.74, 6) is -0.0673. The summed E-state index contributed by atoms with van der Waals surface area (Å²) in [4.78, 5) is 27.9. The van der Waals surface area contributed by atoms with Crippen molar-refractivity contribution in [3.8, 4) is 0 Å². The van der Waals surface area contributed by atoms with Crippen LogP contribution in [0.4, 0.5) is 0 Å². The van der Waals surface area contributed by atoms with Crippen LogP contribution >= 0.6 is 0 Å². The summed E-state index contributed by atoms with van der Waals surface area (Å²) in [6, 6.07) is 0. The molecular weight excluding hydrogens is 194 g/mol. The number of hydroxylamine groups is 2. The smallest absolute Gasteiger partial charge is 0.254 e. The van der Waals surface area contributed by atoms with E-state index in [0.717, 1.165) is 17.9 Å². The zero-order valence-corrected chi connectivity index (χ0v) is 9.66. The van der Waals surface area contributed by atoms with Gasteiger partial charge in [0.1, 0.15) is 0 Å². The van der Waals surface area contributed by atoms with Gasteiger partial charge in [-0.3, -0.25) is 14.4 Å². The maximum atomic E-state index is 11.3. The van der Waals surface area contributed by atoms with Gasteiger partial charge in [-0.25, -0.2) is 0 Å². The molecule has 1 aliphatic rings. The van der Waals surface area contributed by atoms with E-state index in [-0.39, 0.29) is 30.8 Å². The minimum Gasteiger partial charge on any atom is -0.272 e. The molecule has 1 aliphatic heterocycles. The first-order valence-electron chi connectivity index (χ1n) is 5.58. The first kappa shape index (κ1) is 12.2. The molecule has 0 spiro atoms. The highest BCUT2D eigenvalue weighted by atomic mass is 16.7. The van der Waals surface area contributed by atoms with Crippen molar-refractivity contribution in [1.29, 1.82) is 0 Å². The van der Waals surface area contributed by atoms with Gasteiger partial charge < -0.3 is 0 Å². The highest BCUT2D eigenvalue weighted by molar-refractivity contribution is 6.00. The van der Waals surface area contributed by atoms with Crippen LogP contribution in [-0.4, -0.2) is 23.0 Å². The van der Waals surface area contributed by atoms with Gasteiger partial charge in [0.15, 0.2) is 0 Å². The Balaban J connectivity index is 2.46. The molecule has 2 atom stereocenters. The van der Waals surface area contributed by atoms with E-state index in [9.17, 15) is 9.59 Å². The molecule has 0 saturated carbocycles. The van der Waals surface area contributed by atoms with Crippen LogP contribution in [0, 0.1) is 5.92 Å². The highest BCUT2D eigenvalue weighted by Gasteiger charge is 2.32. The molecule has 15 heavy (non-hydrogen) atoms. The fourth-order valence-electron chi connectivity index (χ4n) is 1.63. The van der Waals surface area contributed by atoms with Crippen molar-refractivity contribution in [2.75, 3.05) is 0 Å². The lowest BCUT2D eigenvalue weighted by Crippen LogP contribution is -2.35. The van der Waals surface area contributed by atoms with Crippen LogP contribution in [-0.2, 0) is 14.4 Å². The summed E-state index contributed by atoms with van der Waals surface area (Å²) in [7, 11) is 0. The van der Waals surface area contributed by atoms with E-state index in [1.54, 1.807) is 0 Å². The standard InChI is InChI=1S/C11H19NO3/c1-4-5-8(2)9(3)15-12-10(13)6-7-11(12)14/h8-9H,4-7H2,1-3H3. The lowest BCUT2D eigenvalue weighted by Gasteiger charge is -2.23. The second kappa shape index (κ2) is 5.26. The monoisotopic (exact) mass is 213 g/mol. The minimum atomic E-state index is -0.212. The molecule has 0 aromatic rings. The molecule has 4 nitrogen and oxygen atoms in total. The third-order valence-corrected chi connectivity index (χ3v) is 2.82. The third kappa shape index (κ3) is 3.02. The van der Waals surface area contributed by atoms with Crippen LogP contribution in [0.15, 0.2) is 0 Å². The van der Waals surface area contributed by atoms with Gasteiger partial charge in [0.05, 0.1) is 6.10 Å². The second-order valence-electron chi connectivity index (χ2n) is 4.16. The highest BCUT2D eigenvalue weighted by Crippen LogP contribution is 2.19.